The van der Waals surface area contributed by atoms with E-state index in [2.05, 4.69) is 0 Å². The average Bonchev–Trinajstić information content (AvgIpc) is 2.29. The molecule has 6 nitrogen and oxygen atoms in total. The Morgan fingerprint density at radius 2 is 1.31 bits per heavy atom. The Balaban J connectivity index is 2.80. The molecule has 0 saturated carbocycles. The molecule has 0 spiro atoms. The summed E-state index contributed by atoms with van der Waals surface area (Å²) in [6, 6.07) is 3.57. The number of rotatable bonds is 0. The maximum Gasteiger partial charge on any atom is 0.201 e. The van der Waals surface area contributed by atoms with Gasteiger partial charge in [0.1, 0.15) is 12.1 Å². The molecule has 16 heavy (non-hydrogen) atoms. The molecule has 1 saturated heterocycles. The second kappa shape index (κ2) is 4.63. The van der Waals surface area contributed by atoms with Gasteiger partial charge in [-0.05, 0) is 13.8 Å². The Labute approximate surface area is 94.7 Å². The van der Waals surface area contributed by atoms with Crippen LogP contribution in [0.3, 0.4) is 0 Å². The highest BCUT2D eigenvalue weighted by Crippen LogP contribution is 2.15. The van der Waals surface area contributed by atoms with Gasteiger partial charge in [0.25, 0.3) is 0 Å². The Morgan fingerprint density at radius 1 is 1.00 bits per heavy atom. The third-order valence-corrected chi connectivity index (χ3v) is 2.77. The molecule has 1 rings (SSSR count). The molecule has 1 fully saturated rings. The van der Waals surface area contributed by atoms with Crippen molar-refractivity contribution in [1.29, 1.82) is 21.3 Å². The van der Waals surface area contributed by atoms with Crippen LogP contribution >= 0.6 is 0 Å². The zero-order chi connectivity index (χ0) is 12.3. The normalized spacial score (nSPS) is 24.5. The molecule has 0 aromatic heterocycles. The van der Waals surface area contributed by atoms with E-state index in [1.54, 1.807) is 9.80 Å². The molecule has 1 aliphatic rings. The monoisotopic (exact) mass is 218 g/mol. The van der Waals surface area contributed by atoms with Crippen molar-refractivity contribution in [2.24, 2.45) is 0 Å². The van der Waals surface area contributed by atoms with E-state index in [0.717, 1.165) is 0 Å². The molecule has 0 radical (unpaired) electrons. The highest BCUT2D eigenvalue weighted by molar-refractivity contribution is 5.95. The molecule has 0 aromatic rings. The van der Waals surface area contributed by atoms with Crippen LogP contribution in [0.4, 0.5) is 0 Å². The van der Waals surface area contributed by atoms with Gasteiger partial charge < -0.3 is 9.80 Å². The number of nitrogens with one attached hydrogen (secondary N) is 2. The second-order valence-electron chi connectivity index (χ2n) is 3.92. The summed E-state index contributed by atoms with van der Waals surface area (Å²) >= 11 is 0. The minimum Gasteiger partial charge on any atom is -0.342 e. The molecule has 0 aromatic carbocycles. The summed E-state index contributed by atoms with van der Waals surface area (Å²) in [4.78, 5) is 3.40. The highest BCUT2D eigenvalue weighted by Gasteiger charge is 2.31. The summed E-state index contributed by atoms with van der Waals surface area (Å²) in [6.45, 7) is 4.76. The first-order chi connectivity index (χ1) is 7.51. The summed E-state index contributed by atoms with van der Waals surface area (Å²) in [7, 11) is 0. The molecule has 2 atom stereocenters. The van der Waals surface area contributed by atoms with Gasteiger partial charge in [0, 0.05) is 25.2 Å². The van der Waals surface area contributed by atoms with Crippen molar-refractivity contribution in [2.45, 2.75) is 25.9 Å². The van der Waals surface area contributed by atoms with Crippen molar-refractivity contribution in [2.75, 3.05) is 13.1 Å². The lowest BCUT2D eigenvalue weighted by molar-refractivity contribution is 0.146. The Morgan fingerprint density at radius 3 is 1.56 bits per heavy atom. The van der Waals surface area contributed by atoms with Gasteiger partial charge in [0.2, 0.25) is 11.7 Å². The third-order valence-electron chi connectivity index (χ3n) is 2.77. The van der Waals surface area contributed by atoms with E-state index in [4.69, 9.17) is 21.3 Å². The molecule has 0 bridgehead atoms. The number of hydrogen-bond acceptors (Lipinski definition) is 4. The molecular formula is C10H14N6. The van der Waals surface area contributed by atoms with Gasteiger partial charge in [-0.1, -0.05) is 0 Å². The average molecular weight is 218 g/mol. The molecule has 1 heterocycles. The van der Waals surface area contributed by atoms with Crippen LogP contribution in [-0.2, 0) is 0 Å². The molecule has 0 aliphatic carbocycles. The van der Waals surface area contributed by atoms with Crippen molar-refractivity contribution < 1.29 is 0 Å². The third kappa shape index (κ3) is 2.12. The van der Waals surface area contributed by atoms with Gasteiger partial charge in [-0.2, -0.15) is 10.5 Å². The van der Waals surface area contributed by atoms with Crippen molar-refractivity contribution in [1.82, 2.24) is 9.80 Å². The number of nitriles is 2. The van der Waals surface area contributed by atoms with Gasteiger partial charge in [0.15, 0.2) is 0 Å². The first kappa shape index (κ1) is 12.0. The molecule has 84 valence electrons. The van der Waals surface area contributed by atoms with E-state index in [1.165, 1.54) is 0 Å². The topological polar surface area (TPSA) is 102 Å². The fourth-order valence-electron chi connectivity index (χ4n) is 1.88. The summed E-state index contributed by atoms with van der Waals surface area (Å²) in [6.07, 6.45) is 0. The summed E-state index contributed by atoms with van der Waals surface area (Å²) in [5.41, 5.74) is 0. The molecule has 1 aliphatic heterocycles. The Hall–Kier alpha value is -2.08. The quantitative estimate of drug-likeness (QED) is 0.453. The van der Waals surface area contributed by atoms with E-state index < -0.39 is 0 Å². The van der Waals surface area contributed by atoms with Crippen LogP contribution in [0.2, 0.25) is 0 Å². The van der Waals surface area contributed by atoms with E-state index in [9.17, 15) is 0 Å². The summed E-state index contributed by atoms with van der Waals surface area (Å²) in [5, 5.41) is 32.4. The van der Waals surface area contributed by atoms with Crippen LogP contribution in [0.25, 0.3) is 0 Å². The van der Waals surface area contributed by atoms with E-state index in [-0.39, 0.29) is 23.8 Å². The predicted octanol–water partition coefficient (Wildman–Crippen LogP) is 0.383. The Kier molecular flexibility index (Phi) is 3.47. The van der Waals surface area contributed by atoms with Crippen molar-refractivity contribution in [3.8, 4) is 12.1 Å². The Bertz CT molecular complexity index is 349. The fraction of sp³-hybridized carbons (Fsp3) is 0.600. The minimum absolute atomic E-state index is 0.0305. The number of amidine groups is 2. The van der Waals surface area contributed by atoms with Crippen LogP contribution in [0, 0.1) is 33.5 Å². The standard InChI is InChI=1S/C10H14N6/c1-7-5-16(10(14)4-12)8(2)6-15(7)9(13)3-11/h7-8,13-14H,5-6H2,1-2H3/t7-,8-/m1/s1. The SMILES string of the molecule is C[C@@H]1CN(C(=N)C#N)[C@H](C)CN1C(=N)C#N. The first-order valence-corrected chi connectivity index (χ1v) is 5.01. The van der Waals surface area contributed by atoms with Gasteiger partial charge in [-0.15, -0.1) is 0 Å². The van der Waals surface area contributed by atoms with Crippen molar-refractivity contribution >= 4 is 11.7 Å². The van der Waals surface area contributed by atoms with E-state index in [1.807, 2.05) is 26.0 Å². The number of nitrogens with zero attached hydrogens (tertiary/aromatic N) is 4. The van der Waals surface area contributed by atoms with E-state index in [0.29, 0.717) is 13.1 Å². The summed E-state index contributed by atoms with van der Waals surface area (Å²) in [5.74, 6) is -0.107. The smallest absolute Gasteiger partial charge is 0.201 e. The maximum atomic E-state index is 8.69. The zero-order valence-electron chi connectivity index (χ0n) is 9.36. The van der Waals surface area contributed by atoms with Crippen LogP contribution in [0.5, 0.6) is 0 Å². The highest BCUT2D eigenvalue weighted by atomic mass is 15.3. The van der Waals surface area contributed by atoms with Crippen molar-refractivity contribution in [3.63, 3.8) is 0 Å². The van der Waals surface area contributed by atoms with E-state index >= 15 is 0 Å². The maximum absolute atomic E-state index is 8.69. The first-order valence-electron chi connectivity index (χ1n) is 5.01. The van der Waals surface area contributed by atoms with Gasteiger partial charge in [-0.3, -0.25) is 10.8 Å². The van der Waals surface area contributed by atoms with Crippen LogP contribution in [0.15, 0.2) is 0 Å². The second-order valence-corrected chi connectivity index (χ2v) is 3.92. The minimum atomic E-state index is -0.0533. The largest absolute Gasteiger partial charge is 0.342 e. The lowest BCUT2D eigenvalue weighted by Gasteiger charge is -2.43. The predicted molar refractivity (Wildman–Crippen MR) is 59.0 cm³/mol. The summed E-state index contributed by atoms with van der Waals surface area (Å²) < 4.78 is 0. The zero-order valence-corrected chi connectivity index (χ0v) is 9.36. The fourth-order valence-corrected chi connectivity index (χ4v) is 1.88. The molecule has 6 heteroatoms. The molecule has 0 amide bonds. The van der Waals surface area contributed by atoms with Gasteiger partial charge in [-0.25, -0.2) is 0 Å². The van der Waals surface area contributed by atoms with Gasteiger partial charge in [0.05, 0.1) is 0 Å². The molecule has 0 unspecified atom stereocenters. The van der Waals surface area contributed by atoms with Crippen LogP contribution in [-0.4, -0.2) is 46.6 Å². The lowest BCUT2D eigenvalue weighted by atomic mass is 10.1. The number of piperazine rings is 1. The molecular weight excluding hydrogens is 204 g/mol. The van der Waals surface area contributed by atoms with Crippen LogP contribution in [0.1, 0.15) is 13.8 Å². The van der Waals surface area contributed by atoms with Crippen molar-refractivity contribution in [3.05, 3.63) is 0 Å². The van der Waals surface area contributed by atoms with Crippen LogP contribution < -0.4 is 0 Å². The lowest BCUT2D eigenvalue weighted by Crippen LogP contribution is -2.58. The van der Waals surface area contributed by atoms with Gasteiger partial charge >= 0.3 is 0 Å². The number of hydrogen-bond donors (Lipinski definition) is 2. The molecule has 2 N–H and O–H groups in total.